The Balaban J connectivity index is 3.21. The van der Waals surface area contributed by atoms with Gasteiger partial charge in [-0.05, 0) is 6.07 Å². The van der Waals surface area contributed by atoms with Gasteiger partial charge in [0.15, 0.2) is 11.5 Å². The summed E-state index contributed by atoms with van der Waals surface area (Å²) in [7, 11) is 1.41. The molecule has 0 saturated heterocycles. The zero-order valence-electron chi connectivity index (χ0n) is 7.70. The molecule has 4 N–H and O–H groups in total. The van der Waals surface area contributed by atoms with Crippen LogP contribution in [0, 0.1) is 0 Å². The summed E-state index contributed by atoms with van der Waals surface area (Å²) in [5, 5.41) is 19.4. The van der Waals surface area contributed by atoms with Gasteiger partial charge >= 0.3 is 0 Å². The van der Waals surface area contributed by atoms with Crippen LogP contribution >= 0.6 is 11.6 Å². The second-order valence-electron chi connectivity index (χ2n) is 2.80. The molecule has 0 radical (unpaired) electrons. The second kappa shape index (κ2) is 4.50. The number of methoxy groups -OCH3 is 1. The molecule has 5 heteroatoms. The predicted octanol–water partition coefficient (Wildman–Crippen LogP) is 1.05. The quantitative estimate of drug-likeness (QED) is 0.707. The molecule has 0 spiro atoms. The molecular weight excluding hydrogens is 206 g/mol. The highest BCUT2D eigenvalue weighted by molar-refractivity contribution is 6.30. The lowest BCUT2D eigenvalue weighted by Gasteiger charge is -2.13. The fraction of sp³-hybridized carbons (Fsp3) is 0.333. The second-order valence-corrected chi connectivity index (χ2v) is 3.23. The summed E-state index contributed by atoms with van der Waals surface area (Å²) in [6.45, 7) is 0.0110. The highest BCUT2D eigenvalue weighted by Gasteiger charge is 2.15. The number of aliphatic hydroxyl groups excluding tert-OH is 1. The third-order valence-electron chi connectivity index (χ3n) is 1.87. The van der Waals surface area contributed by atoms with E-state index in [0.29, 0.717) is 5.02 Å². The van der Waals surface area contributed by atoms with Crippen LogP contribution in [0.3, 0.4) is 0 Å². The largest absolute Gasteiger partial charge is 0.504 e. The zero-order valence-corrected chi connectivity index (χ0v) is 8.45. The summed E-state index contributed by atoms with van der Waals surface area (Å²) >= 11 is 5.76. The van der Waals surface area contributed by atoms with E-state index in [-0.39, 0.29) is 23.6 Å². The van der Waals surface area contributed by atoms with Crippen LogP contribution in [-0.2, 0) is 0 Å². The molecule has 0 aliphatic carbocycles. The van der Waals surface area contributed by atoms with Gasteiger partial charge in [0.2, 0.25) is 0 Å². The Bertz CT molecular complexity index is 330. The molecule has 0 bridgehead atoms. The number of hydrogen-bond acceptors (Lipinski definition) is 4. The van der Waals surface area contributed by atoms with Crippen molar-refractivity contribution in [2.24, 2.45) is 5.73 Å². The van der Waals surface area contributed by atoms with Crippen LogP contribution in [0.2, 0.25) is 5.02 Å². The molecule has 78 valence electrons. The summed E-state index contributed by atoms with van der Waals surface area (Å²) < 4.78 is 4.87. The van der Waals surface area contributed by atoms with E-state index in [1.54, 1.807) is 0 Å². The Hall–Kier alpha value is -0.970. The molecule has 0 saturated carbocycles. The highest BCUT2D eigenvalue weighted by Crippen LogP contribution is 2.36. The minimum atomic E-state index is -0.942. The number of nitrogens with two attached hydrogens (primary N) is 1. The molecule has 0 unspecified atom stereocenters. The number of ether oxygens (including phenoxy) is 1. The first-order valence-electron chi connectivity index (χ1n) is 4.04. The van der Waals surface area contributed by atoms with Crippen LogP contribution < -0.4 is 10.5 Å². The standard InChI is InChI=1S/C9H12ClNO3/c1-14-8-3-5(10)2-6(9(8)13)7(12)4-11/h2-3,7,12-13H,4,11H2,1H3/t7-/m0/s1. The Morgan fingerprint density at radius 1 is 1.57 bits per heavy atom. The first-order valence-corrected chi connectivity index (χ1v) is 4.42. The third kappa shape index (κ3) is 2.09. The van der Waals surface area contributed by atoms with Crippen molar-refractivity contribution >= 4 is 11.6 Å². The van der Waals surface area contributed by atoms with Gasteiger partial charge in [-0.2, -0.15) is 0 Å². The number of aliphatic hydroxyl groups is 1. The van der Waals surface area contributed by atoms with E-state index in [2.05, 4.69) is 0 Å². The maximum Gasteiger partial charge on any atom is 0.163 e. The summed E-state index contributed by atoms with van der Waals surface area (Å²) in [5.41, 5.74) is 5.54. The Morgan fingerprint density at radius 3 is 2.71 bits per heavy atom. The molecule has 0 amide bonds. The average Bonchev–Trinajstić information content (AvgIpc) is 2.19. The van der Waals surface area contributed by atoms with Crippen molar-refractivity contribution in [2.45, 2.75) is 6.10 Å². The lowest BCUT2D eigenvalue weighted by atomic mass is 10.1. The molecule has 1 rings (SSSR count). The van der Waals surface area contributed by atoms with Crippen LogP contribution in [0.15, 0.2) is 12.1 Å². The number of aromatic hydroxyl groups is 1. The maximum absolute atomic E-state index is 9.62. The first-order chi connectivity index (χ1) is 6.60. The van der Waals surface area contributed by atoms with E-state index in [1.807, 2.05) is 0 Å². The third-order valence-corrected chi connectivity index (χ3v) is 2.09. The summed E-state index contributed by atoms with van der Waals surface area (Å²) in [5.74, 6) is 0.0925. The van der Waals surface area contributed by atoms with Gasteiger partial charge in [-0.25, -0.2) is 0 Å². The van der Waals surface area contributed by atoms with Crippen LogP contribution in [0.4, 0.5) is 0 Å². The Morgan fingerprint density at radius 2 is 2.21 bits per heavy atom. The SMILES string of the molecule is COc1cc(Cl)cc([C@@H](O)CN)c1O. The van der Waals surface area contributed by atoms with E-state index in [0.717, 1.165) is 0 Å². The van der Waals surface area contributed by atoms with Crippen LogP contribution in [0.5, 0.6) is 11.5 Å². The summed E-state index contributed by atoms with van der Waals surface area (Å²) in [6.07, 6.45) is -0.942. The number of hydrogen-bond donors (Lipinski definition) is 3. The molecule has 4 nitrogen and oxygen atoms in total. The van der Waals surface area contributed by atoms with Gasteiger partial charge in [-0.15, -0.1) is 0 Å². The molecule has 1 aromatic carbocycles. The van der Waals surface area contributed by atoms with Crippen molar-refractivity contribution in [3.63, 3.8) is 0 Å². The van der Waals surface area contributed by atoms with Crippen molar-refractivity contribution in [3.8, 4) is 11.5 Å². The monoisotopic (exact) mass is 217 g/mol. The number of halogens is 1. The topological polar surface area (TPSA) is 75.7 Å². The molecule has 0 heterocycles. The molecule has 0 aromatic heterocycles. The molecule has 1 aromatic rings. The number of benzene rings is 1. The van der Waals surface area contributed by atoms with Gasteiger partial charge in [0.1, 0.15) is 0 Å². The van der Waals surface area contributed by atoms with E-state index < -0.39 is 6.10 Å². The van der Waals surface area contributed by atoms with Gasteiger partial charge in [0.25, 0.3) is 0 Å². The van der Waals surface area contributed by atoms with Gasteiger partial charge in [0, 0.05) is 23.2 Å². The van der Waals surface area contributed by atoms with Crippen molar-refractivity contribution in [1.82, 2.24) is 0 Å². The van der Waals surface area contributed by atoms with Gasteiger partial charge in [0.05, 0.1) is 13.2 Å². The molecular formula is C9H12ClNO3. The van der Waals surface area contributed by atoms with E-state index in [1.165, 1.54) is 19.2 Å². The lowest BCUT2D eigenvalue weighted by Crippen LogP contribution is -2.11. The number of phenolic OH excluding ortho intramolecular Hbond substituents is 1. The van der Waals surface area contributed by atoms with Crippen LogP contribution in [0.1, 0.15) is 11.7 Å². The molecule has 0 fully saturated rings. The van der Waals surface area contributed by atoms with Crippen molar-refractivity contribution in [3.05, 3.63) is 22.7 Å². The van der Waals surface area contributed by atoms with E-state index in [4.69, 9.17) is 22.1 Å². The molecule has 0 aliphatic heterocycles. The number of rotatable bonds is 3. The Labute approximate surface area is 86.9 Å². The fourth-order valence-electron chi connectivity index (χ4n) is 1.13. The minimum absolute atomic E-state index is 0.0110. The van der Waals surface area contributed by atoms with Crippen molar-refractivity contribution in [2.75, 3.05) is 13.7 Å². The van der Waals surface area contributed by atoms with Gasteiger partial charge in [-0.1, -0.05) is 11.6 Å². The number of phenols is 1. The van der Waals surface area contributed by atoms with Crippen molar-refractivity contribution < 1.29 is 14.9 Å². The normalized spacial score (nSPS) is 12.6. The summed E-state index contributed by atoms with van der Waals surface area (Å²) in [4.78, 5) is 0. The lowest BCUT2D eigenvalue weighted by molar-refractivity contribution is 0.181. The first kappa shape index (κ1) is 11.1. The van der Waals surface area contributed by atoms with Crippen molar-refractivity contribution in [1.29, 1.82) is 0 Å². The summed E-state index contributed by atoms with van der Waals surface area (Å²) in [6, 6.07) is 2.92. The zero-order chi connectivity index (χ0) is 10.7. The maximum atomic E-state index is 9.62. The predicted molar refractivity (Wildman–Crippen MR) is 53.7 cm³/mol. The minimum Gasteiger partial charge on any atom is -0.504 e. The van der Waals surface area contributed by atoms with E-state index >= 15 is 0 Å². The highest BCUT2D eigenvalue weighted by atomic mass is 35.5. The van der Waals surface area contributed by atoms with E-state index in [9.17, 15) is 10.2 Å². The Kier molecular flexibility index (Phi) is 3.57. The average molecular weight is 218 g/mol. The molecule has 14 heavy (non-hydrogen) atoms. The van der Waals surface area contributed by atoms with Crippen LogP contribution in [0.25, 0.3) is 0 Å². The van der Waals surface area contributed by atoms with Gasteiger partial charge in [-0.3, -0.25) is 0 Å². The smallest absolute Gasteiger partial charge is 0.163 e. The van der Waals surface area contributed by atoms with Crippen LogP contribution in [-0.4, -0.2) is 23.9 Å². The van der Waals surface area contributed by atoms with Gasteiger partial charge < -0.3 is 20.7 Å². The fourth-order valence-corrected chi connectivity index (χ4v) is 1.35. The molecule has 1 atom stereocenters. The molecule has 0 aliphatic rings.